The molecule has 100 valence electrons. The normalized spacial score (nSPS) is 16.3. The van der Waals surface area contributed by atoms with E-state index < -0.39 is 6.29 Å². The maximum Gasteiger partial charge on any atom is 0.157 e. The third-order valence-electron chi connectivity index (χ3n) is 2.58. The molecule has 17 heavy (non-hydrogen) atoms. The zero-order valence-electron chi connectivity index (χ0n) is 11.5. The summed E-state index contributed by atoms with van der Waals surface area (Å²) < 4.78 is 10.8. The van der Waals surface area contributed by atoms with E-state index in [-0.39, 0.29) is 11.8 Å². The summed E-state index contributed by atoms with van der Waals surface area (Å²) >= 11 is 0. The Morgan fingerprint density at radius 1 is 1.12 bits per heavy atom. The van der Waals surface area contributed by atoms with Gasteiger partial charge in [-0.3, -0.25) is 0 Å². The molecule has 3 unspecified atom stereocenters. The summed E-state index contributed by atoms with van der Waals surface area (Å²) in [5, 5.41) is 9.81. The van der Waals surface area contributed by atoms with Crippen molar-refractivity contribution >= 4 is 0 Å². The van der Waals surface area contributed by atoms with E-state index in [1.54, 1.807) is 0 Å². The lowest BCUT2D eigenvalue weighted by Crippen LogP contribution is -2.29. The average molecular weight is 242 g/mol. The van der Waals surface area contributed by atoms with Gasteiger partial charge in [-0.1, -0.05) is 38.2 Å². The van der Waals surface area contributed by atoms with Crippen LogP contribution in [0, 0.1) is 11.8 Å². The molecule has 0 fully saturated rings. The van der Waals surface area contributed by atoms with Gasteiger partial charge in [0.1, 0.15) is 0 Å². The summed E-state index contributed by atoms with van der Waals surface area (Å²) in [5.74, 6) is 0.258. The summed E-state index contributed by atoms with van der Waals surface area (Å²) in [6, 6.07) is 0. The van der Waals surface area contributed by atoms with Gasteiger partial charge < -0.3 is 14.6 Å². The highest BCUT2D eigenvalue weighted by molar-refractivity contribution is 4.88. The fraction of sp³-hybridized carbons (Fsp3) is 0.714. The lowest BCUT2D eigenvalue weighted by Gasteiger charge is -2.25. The number of ether oxygens (including phenoxy) is 2. The lowest BCUT2D eigenvalue weighted by atomic mass is 9.96. The second kappa shape index (κ2) is 8.45. The molecular formula is C14H26O3. The van der Waals surface area contributed by atoms with Crippen LogP contribution in [-0.4, -0.2) is 31.2 Å². The standard InChI is InChI=1S/C14H26O3/c1-10(2)7-16-9-12(5)13(6)14(15)17-8-11(3)4/h12-15H,1,3,7-9H2,2,4-6H3. The summed E-state index contributed by atoms with van der Waals surface area (Å²) in [7, 11) is 0. The van der Waals surface area contributed by atoms with Crippen LogP contribution in [0.5, 0.6) is 0 Å². The van der Waals surface area contributed by atoms with Crippen LogP contribution in [-0.2, 0) is 9.47 Å². The van der Waals surface area contributed by atoms with Gasteiger partial charge in [-0.15, -0.1) is 0 Å². The molecule has 0 aromatic carbocycles. The molecule has 0 spiro atoms. The minimum absolute atomic E-state index is 0.0273. The third kappa shape index (κ3) is 8.13. The van der Waals surface area contributed by atoms with Gasteiger partial charge in [0.25, 0.3) is 0 Å². The van der Waals surface area contributed by atoms with E-state index in [0.717, 1.165) is 11.1 Å². The highest BCUT2D eigenvalue weighted by atomic mass is 16.6. The minimum atomic E-state index is -0.768. The molecule has 1 N–H and O–H groups in total. The lowest BCUT2D eigenvalue weighted by molar-refractivity contribution is -0.139. The largest absolute Gasteiger partial charge is 0.377 e. The predicted octanol–water partition coefficient (Wildman–Crippen LogP) is 2.76. The molecule has 0 radical (unpaired) electrons. The minimum Gasteiger partial charge on any atom is -0.377 e. The van der Waals surface area contributed by atoms with Crippen molar-refractivity contribution in [2.45, 2.75) is 34.0 Å². The van der Waals surface area contributed by atoms with Crippen LogP contribution in [0.2, 0.25) is 0 Å². The number of hydrogen-bond donors (Lipinski definition) is 1. The topological polar surface area (TPSA) is 38.7 Å². The first-order chi connectivity index (χ1) is 7.84. The highest BCUT2D eigenvalue weighted by Crippen LogP contribution is 2.17. The molecule has 0 bridgehead atoms. The van der Waals surface area contributed by atoms with Crippen molar-refractivity contribution in [2.24, 2.45) is 11.8 Å². The molecule has 0 aromatic rings. The van der Waals surface area contributed by atoms with Crippen LogP contribution in [0.4, 0.5) is 0 Å². The van der Waals surface area contributed by atoms with Crippen molar-refractivity contribution in [3.8, 4) is 0 Å². The van der Waals surface area contributed by atoms with E-state index in [9.17, 15) is 5.11 Å². The first kappa shape index (κ1) is 16.4. The molecular weight excluding hydrogens is 216 g/mol. The fourth-order valence-corrected chi connectivity index (χ4v) is 1.23. The highest BCUT2D eigenvalue weighted by Gasteiger charge is 2.21. The van der Waals surface area contributed by atoms with E-state index in [1.165, 1.54) is 0 Å². The maximum absolute atomic E-state index is 9.81. The average Bonchev–Trinajstić information content (AvgIpc) is 2.24. The van der Waals surface area contributed by atoms with Crippen molar-refractivity contribution in [2.75, 3.05) is 19.8 Å². The Kier molecular flexibility index (Phi) is 8.13. The summed E-state index contributed by atoms with van der Waals surface area (Å²) in [6.45, 7) is 16.9. The molecule has 3 nitrogen and oxygen atoms in total. The van der Waals surface area contributed by atoms with Gasteiger partial charge in [-0.05, 0) is 19.8 Å². The Hall–Kier alpha value is -0.640. The van der Waals surface area contributed by atoms with Gasteiger partial charge in [-0.25, -0.2) is 0 Å². The summed E-state index contributed by atoms with van der Waals surface area (Å²) in [5.41, 5.74) is 1.91. The monoisotopic (exact) mass is 242 g/mol. The smallest absolute Gasteiger partial charge is 0.157 e. The Balaban J connectivity index is 3.89. The molecule has 0 aliphatic carbocycles. The molecule has 3 heteroatoms. The molecule has 0 saturated carbocycles. The molecule has 3 atom stereocenters. The third-order valence-corrected chi connectivity index (χ3v) is 2.58. The molecule has 0 heterocycles. The Morgan fingerprint density at radius 3 is 2.12 bits per heavy atom. The number of hydrogen-bond acceptors (Lipinski definition) is 3. The predicted molar refractivity (Wildman–Crippen MR) is 70.7 cm³/mol. The number of aliphatic hydroxyl groups is 1. The molecule has 0 aromatic heterocycles. The SMILES string of the molecule is C=C(C)COCC(C)C(C)C(O)OCC(=C)C. The Labute approximate surface area is 105 Å². The van der Waals surface area contributed by atoms with Gasteiger partial charge in [0, 0.05) is 12.5 Å². The van der Waals surface area contributed by atoms with Crippen molar-refractivity contribution in [1.82, 2.24) is 0 Å². The maximum atomic E-state index is 9.81. The zero-order valence-corrected chi connectivity index (χ0v) is 11.5. The van der Waals surface area contributed by atoms with E-state index >= 15 is 0 Å². The van der Waals surface area contributed by atoms with Crippen LogP contribution in [0.15, 0.2) is 24.3 Å². The van der Waals surface area contributed by atoms with Crippen LogP contribution < -0.4 is 0 Å². The Morgan fingerprint density at radius 2 is 1.65 bits per heavy atom. The van der Waals surface area contributed by atoms with Crippen LogP contribution in [0.1, 0.15) is 27.7 Å². The van der Waals surface area contributed by atoms with E-state index in [1.807, 2.05) is 27.7 Å². The molecule has 0 aliphatic rings. The fourth-order valence-electron chi connectivity index (χ4n) is 1.23. The Bertz CT molecular complexity index is 248. The molecule has 0 amide bonds. The van der Waals surface area contributed by atoms with Crippen molar-refractivity contribution in [3.05, 3.63) is 24.3 Å². The number of aliphatic hydroxyl groups excluding tert-OH is 1. The van der Waals surface area contributed by atoms with Gasteiger partial charge >= 0.3 is 0 Å². The first-order valence-corrected chi connectivity index (χ1v) is 6.00. The van der Waals surface area contributed by atoms with Crippen molar-refractivity contribution < 1.29 is 14.6 Å². The summed E-state index contributed by atoms with van der Waals surface area (Å²) in [4.78, 5) is 0. The molecule has 0 saturated heterocycles. The summed E-state index contributed by atoms with van der Waals surface area (Å²) in [6.07, 6.45) is -0.768. The second-order valence-corrected chi connectivity index (χ2v) is 4.97. The quantitative estimate of drug-likeness (QED) is 0.499. The molecule has 0 aliphatic heterocycles. The second-order valence-electron chi connectivity index (χ2n) is 4.97. The van der Waals surface area contributed by atoms with Gasteiger partial charge in [0.15, 0.2) is 6.29 Å². The molecule has 0 rings (SSSR count). The van der Waals surface area contributed by atoms with Crippen LogP contribution in [0.3, 0.4) is 0 Å². The van der Waals surface area contributed by atoms with Gasteiger partial charge in [-0.2, -0.15) is 0 Å². The van der Waals surface area contributed by atoms with Gasteiger partial charge in [0.2, 0.25) is 0 Å². The van der Waals surface area contributed by atoms with Crippen LogP contribution >= 0.6 is 0 Å². The van der Waals surface area contributed by atoms with Crippen molar-refractivity contribution in [1.29, 1.82) is 0 Å². The zero-order chi connectivity index (χ0) is 13.4. The van der Waals surface area contributed by atoms with E-state index in [2.05, 4.69) is 13.2 Å². The van der Waals surface area contributed by atoms with Crippen LogP contribution in [0.25, 0.3) is 0 Å². The number of rotatable bonds is 9. The first-order valence-electron chi connectivity index (χ1n) is 6.00. The van der Waals surface area contributed by atoms with Crippen molar-refractivity contribution in [3.63, 3.8) is 0 Å². The van der Waals surface area contributed by atoms with Gasteiger partial charge in [0.05, 0.1) is 13.2 Å². The van der Waals surface area contributed by atoms with E-state index in [0.29, 0.717) is 19.8 Å². The van der Waals surface area contributed by atoms with E-state index in [4.69, 9.17) is 9.47 Å².